The normalized spacial score (nSPS) is 11.2. The molecule has 0 fully saturated rings. The second-order valence-corrected chi connectivity index (χ2v) is 8.61. The molecule has 0 aromatic heterocycles. The Kier molecular flexibility index (Phi) is 9.05. The van der Waals surface area contributed by atoms with Crippen LogP contribution in [0.4, 0.5) is 0 Å². The van der Waals surface area contributed by atoms with Crippen molar-refractivity contribution in [3.63, 3.8) is 0 Å². The van der Waals surface area contributed by atoms with Crippen LogP contribution < -0.4 is 0 Å². The van der Waals surface area contributed by atoms with Gasteiger partial charge >= 0.3 is 11.9 Å². The van der Waals surface area contributed by atoms with E-state index in [1.165, 1.54) is 0 Å². The molecular formula is C31H32O5. The smallest absolute Gasteiger partial charge is 0.324 e. The molecule has 0 aliphatic carbocycles. The van der Waals surface area contributed by atoms with Crippen LogP contribution >= 0.6 is 0 Å². The molecule has 0 heterocycles. The average Bonchev–Trinajstić information content (AvgIpc) is 2.90. The van der Waals surface area contributed by atoms with Crippen LogP contribution in [0.2, 0.25) is 0 Å². The van der Waals surface area contributed by atoms with Gasteiger partial charge in [0.25, 0.3) is 0 Å². The van der Waals surface area contributed by atoms with Gasteiger partial charge in [0, 0.05) is 24.0 Å². The Labute approximate surface area is 213 Å². The second-order valence-electron chi connectivity index (χ2n) is 8.61. The highest BCUT2D eigenvalue weighted by Crippen LogP contribution is 2.33. The first kappa shape index (κ1) is 26.7. The number of ether oxygens (including phenoxy) is 2. The molecule has 5 heteroatoms. The highest BCUT2D eigenvalue weighted by Gasteiger charge is 2.48. The molecule has 0 spiro atoms. The van der Waals surface area contributed by atoms with Crippen molar-refractivity contribution >= 4 is 11.9 Å². The average molecular weight is 485 g/mol. The van der Waals surface area contributed by atoms with E-state index in [1.54, 1.807) is 38.1 Å². The van der Waals surface area contributed by atoms with E-state index < -0.39 is 23.0 Å². The molecule has 3 aromatic rings. The second kappa shape index (κ2) is 12.2. The Morgan fingerprint density at radius 3 is 1.69 bits per heavy atom. The van der Waals surface area contributed by atoms with E-state index in [0.29, 0.717) is 11.1 Å². The molecule has 0 aliphatic rings. The van der Waals surface area contributed by atoms with Crippen molar-refractivity contribution in [3.05, 3.63) is 107 Å². The fraction of sp³-hybridized carbons (Fsp3) is 0.290. The zero-order valence-corrected chi connectivity index (χ0v) is 21.0. The molecule has 0 atom stereocenters. The van der Waals surface area contributed by atoms with Crippen LogP contribution in [-0.2, 0) is 31.1 Å². The van der Waals surface area contributed by atoms with Crippen LogP contribution in [0.25, 0.3) is 0 Å². The summed E-state index contributed by atoms with van der Waals surface area (Å²) in [6.07, 6.45) is -0.116. The topological polar surface area (TPSA) is 72.8 Å². The predicted molar refractivity (Wildman–Crippen MR) is 139 cm³/mol. The summed E-state index contributed by atoms with van der Waals surface area (Å²) in [5.41, 5.74) is -0.304. The summed E-state index contributed by atoms with van der Waals surface area (Å²) in [6, 6.07) is 25.8. The summed E-state index contributed by atoms with van der Waals surface area (Å²) in [4.78, 5) is 26.6. The lowest BCUT2D eigenvalue weighted by Crippen LogP contribution is -2.44. The van der Waals surface area contributed by atoms with Crippen molar-refractivity contribution in [2.24, 2.45) is 5.41 Å². The maximum atomic E-state index is 13.3. The van der Waals surface area contributed by atoms with Crippen molar-refractivity contribution in [2.45, 2.75) is 39.2 Å². The molecular weight excluding hydrogens is 452 g/mol. The Hall–Kier alpha value is -3.88. The number of aliphatic hydroxyl groups is 1. The van der Waals surface area contributed by atoms with Crippen molar-refractivity contribution in [3.8, 4) is 11.8 Å². The van der Waals surface area contributed by atoms with Crippen LogP contribution in [-0.4, -0.2) is 30.3 Å². The third-order valence-electron chi connectivity index (χ3n) is 6.00. The molecule has 0 amide bonds. The molecule has 5 nitrogen and oxygen atoms in total. The molecule has 36 heavy (non-hydrogen) atoms. The largest absolute Gasteiger partial charge is 0.465 e. The molecule has 3 rings (SSSR count). The predicted octanol–water partition coefficient (Wildman–Crippen LogP) is 4.98. The number of carbonyl (C=O) groups is 2. The number of hydrogen-bond acceptors (Lipinski definition) is 5. The van der Waals surface area contributed by atoms with Crippen molar-refractivity contribution in [2.75, 3.05) is 13.2 Å². The quantitative estimate of drug-likeness (QED) is 0.263. The number of esters is 2. The first-order valence-corrected chi connectivity index (χ1v) is 12.1. The van der Waals surface area contributed by atoms with Gasteiger partial charge in [0.15, 0.2) is 11.0 Å². The third kappa shape index (κ3) is 6.02. The van der Waals surface area contributed by atoms with Gasteiger partial charge in [-0.1, -0.05) is 102 Å². The SMILES string of the molecule is CCOC(=O)C(CC#CC(O)(c1ccccc1)c1ccccc1)(Cc1ccc(C)cc1)C(=O)OCC. The van der Waals surface area contributed by atoms with Gasteiger partial charge in [-0.25, -0.2) is 0 Å². The first-order valence-electron chi connectivity index (χ1n) is 12.1. The van der Waals surface area contributed by atoms with Crippen LogP contribution in [0.15, 0.2) is 84.9 Å². The van der Waals surface area contributed by atoms with Gasteiger partial charge in [-0.3, -0.25) is 9.59 Å². The van der Waals surface area contributed by atoms with Crippen molar-refractivity contribution in [1.82, 2.24) is 0 Å². The molecule has 0 radical (unpaired) electrons. The van der Waals surface area contributed by atoms with Crippen LogP contribution in [0.1, 0.15) is 42.5 Å². The van der Waals surface area contributed by atoms with E-state index in [-0.39, 0.29) is 26.1 Å². The molecule has 0 saturated heterocycles. The monoisotopic (exact) mass is 484 g/mol. The van der Waals surface area contributed by atoms with E-state index in [2.05, 4.69) is 11.8 Å². The summed E-state index contributed by atoms with van der Waals surface area (Å²) >= 11 is 0. The van der Waals surface area contributed by atoms with Gasteiger partial charge in [-0.15, -0.1) is 0 Å². The lowest BCUT2D eigenvalue weighted by atomic mass is 9.78. The Bertz CT molecular complexity index is 1150. The van der Waals surface area contributed by atoms with Crippen LogP contribution in [0, 0.1) is 24.2 Å². The molecule has 0 saturated carbocycles. The maximum absolute atomic E-state index is 13.3. The van der Waals surface area contributed by atoms with E-state index in [0.717, 1.165) is 11.1 Å². The molecule has 0 unspecified atom stereocenters. The third-order valence-corrected chi connectivity index (χ3v) is 6.00. The summed E-state index contributed by atoms with van der Waals surface area (Å²) < 4.78 is 10.7. The molecule has 1 N–H and O–H groups in total. The lowest BCUT2D eigenvalue weighted by Gasteiger charge is -2.28. The number of carbonyl (C=O) groups excluding carboxylic acids is 2. The Morgan fingerprint density at radius 1 is 0.778 bits per heavy atom. The molecule has 3 aromatic carbocycles. The maximum Gasteiger partial charge on any atom is 0.324 e. The Morgan fingerprint density at radius 2 is 1.25 bits per heavy atom. The zero-order chi connectivity index (χ0) is 26.0. The Balaban J connectivity index is 2.10. The van der Waals surface area contributed by atoms with Crippen LogP contribution in [0.5, 0.6) is 0 Å². The number of hydrogen-bond donors (Lipinski definition) is 1. The molecule has 0 aliphatic heterocycles. The van der Waals surface area contributed by atoms with E-state index in [9.17, 15) is 14.7 Å². The van der Waals surface area contributed by atoms with Gasteiger partial charge < -0.3 is 14.6 Å². The summed E-state index contributed by atoms with van der Waals surface area (Å²) in [6.45, 7) is 5.57. The minimum Gasteiger partial charge on any atom is -0.465 e. The van der Waals surface area contributed by atoms with E-state index in [4.69, 9.17) is 9.47 Å². The van der Waals surface area contributed by atoms with Gasteiger partial charge in [0.1, 0.15) is 0 Å². The van der Waals surface area contributed by atoms with Crippen molar-refractivity contribution in [1.29, 1.82) is 0 Å². The van der Waals surface area contributed by atoms with Gasteiger partial charge in [-0.2, -0.15) is 0 Å². The minimum atomic E-state index is -1.68. The number of aryl methyl sites for hydroxylation is 1. The minimum absolute atomic E-state index is 0.0642. The van der Waals surface area contributed by atoms with E-state index >= 15 is 0 Å². The van der Waals surface area contributed by atoms with Crippen LogP contribution in [0.3, 0.4) is 0 Å². The van der Waals surface area contributed by atoms with Crippen molar-refractivity contribution < 1.29 is 24.2 Å². The zero-order valence-electron chi connectivity index (χ0n) is 21.0. The first-order chi connectivity index (χ1) is 17.4. The van der Waals surface area contributed by atoms with Gasteiger partial charge in [-0.05, 0) is 26.3 Å². The van der Waals surface area contributed by atoms with Gasteiger partial charge in [0.05, 0.1) is 13.2 Å². The fourth-order valence-electron chi connectivity index (χ4n) is 4.02. The summed E-state index contributed by atoms with van der Waals surface area (Å²) in [5, 5.41) is 11.7. The lowest BCUT2D eigenvalue weighted by molar-refractivity contribution is -0.171. The molecule has 186 valence electrons. The summed E-state index contributed by atoms with van der Waals surface area (Å²) in [7, 11) is 0. The highest BCUT2D eigenvalue weighted by molar-refractivity contribution is 6.00. The fourth-order valence-corrected chi connectivity index (χ4v) is 4.02. The van der Waals surface area contributed by atoms with E-state index in [1.807, 2.05) is 67.6 Å². The molecule has 0 bridgehead atoms. The summed E-state index contributed by atoms with van der Waals surface area (Å²) in [5.74, 6) is 4.55. The highest BCUT2D eigenvalue weighted by atomic mass is 16.6. The number of benzene rings is 3. The standard InChI is InChI=1S/C31H32O5/c1-4-35-28(32)30(29(33)36-5-2,23-25-19-17-24(3)18-20-25)21-12-22-31(34,26-13-8-6-9-14-26)27-15-10-7-11-16-27/h6-11,13-20,34H,4-5,21,23H2,1-3H3. The number of rotatable bonds is 9. The van der Waals surface area contributed by atoms with Gasteiger partial charge in [0.2, 0.25) is 0 Å².